The van der Waals surface area contributed by atoms with Crippen molar-refractivity contribution in [3.63, 3.8) is 0 Å². The second-order valence-electron chi connectivity index (χ2n) is 6.71. The summed E-state index contributed by atoms with van der Waals surface area (Å²) in [4.78, 5) is 19.2. The Labute approximate surface area is 147 Å². The van der Waals surface area contributed by atoms with Gasteiger partial charge in [0, 0.05) is 13.2 Å². The van der Waals surface area contributed by atoms with Crippen molar-refractivity contribution >= 4 is 5.91 Å². The predicted octanol–water partition coefficient (Wildman–Crippen LogP) is 2.80. The van der Waals surface area contributed by atoms with Gasteiger partial charge in [-0.25, -0.2) is 0 Å². The lowest BCUT2D eigenvalue weighted by atomic mass is 9.86. The van der Waals surface area contributed by atoms with E-state index in [4.69, 9.17) is 9.47 Å². The zero-order chi connectivity index (χ0) is 17.2. The Morgan fingerprint density at radius 2 is 2.08 bits per heavy atom. The maximum absolute atomic E-state index is 13.0. The molecule has 0 N–H and O–H groups in total. The first kappa shape index (κ1) is 15.9. The highest BCUT2D eigenvalue weighted by Gasteiger charge is 2.31. The minimum absolute atomic E-state index is 0.113. The van der Waals surface area contributed by atoms with Crippen LogP contribution in [0.5, 0.6) is 11.5 Å². The molecule has 5 heteroatoms. The first-order chi connectivity index (χ1) is 12.2. The van der Waals surface area contributed by atoms with Crippen LogP contribution >= 0.6 is 0 Å². The number of aromatic nitrogens is 1. The first-order valence-electron chi connectivity index (χ1n) is 8.79. The van der Waals surface area contributed by atoms with E-state index in [1.165, 1.54) is 5.56 Å². The highest BCUT2D eigenvalue weighted by molar-refractivity contribution is 5.83. The molecule has 25 heavy (non-hydrogen) atoms. The van der Waals surface area contributed by atoms with Gasteiger partial charge in [0.05, 0.1) is 18.2 Å². The van der Waals surface area contributed by atoms with E-state index in [0.717, 1.165) is 36.5 Å². The quantitative estimate of drug-likeness (QED) is 0.863. The largest absolute Gasteiger partial charge is 0.486 e. The van der Waals surface area contributed by atoms with Crippen LogP contribution in [0.4, 0.5) is 0 Å². The number of amides is 1. The molecular weight excluding hydrogens is 316 g/mol. The Morgan fingerprint density at radius 1 is 1.24 bits per heavy atom. The zero-order valence-electron chi connectivity index (χ0n) is 14.4. The molecule has 4 rings (SSSR count). The van der Waals surface area contributed by atoms with E-state index in [2.05, 4.69) is 11.1 Å². The van der Waals surface area contributed by atoms with Gasteiger partial charge in [-0.2, -0.15) is 0 Å². The second kappa shape index (κ2) is 6.75. The highest BCUT2D eigenvalue weighted by atomic mass is 16.6. The lowest BCUT2D eigenvalue weighted by molar-refractivity contribution is -0.133. The monoisotopic (exact) mass is 338 g/mol. The van der Waals surface area contributed by atoms with Crippen molar-refractivity contribution in [1.82, 2.24) is 9.88 Å². The normalized spacial score (nSPS) is 21.3. The number of rotatable bonds is 3. The predicted molar refractivity (Wildman–Crippen MR) is 93.9 cm³/mol. The topological polar surface area (TPSA) is 51.7 Å². The Bertz CT molecular complexity index is 777. The van der Waals surface area contributed by atoms with Gasteiger partial charge in [-0.1, -0.05) is 18.2 Å². The number of pyridine rings is 1. The van der Waals surface area contributed by atoms with Gasteiger partial charge in [-0.3, -0.25) is 9.78 Å². The van der Waals surface area contributed by atoms with Crippen LogP contribution in [0.25, 0.3) is 0 Å². The number of nitrogens with zero attached hydrogens (tertiary/aromatic N) is 2. The highest BCUT2D eigenvalue weighted by Crippen LogP contribution is 2.33. The number of fused-ring (bicyclic) bond motifs is 2. The van der Waals surface area contributed by atoms with Gasteiger partial charge in [0.2, 0.25) is 5.91 Å². The molecule has 5 nitrogen and oxygen atoms in total. The fraction of sp³-hybridized carbons (Fsp3) is 0.400. The van der Waals surface area contributed by atoms with Gasteiger partial charge in [0.15, 0.2) is 17.6 Å². The number of para-hydroxylation sites is 2. The maximum Gasteiger partial charge on any atom is 0.231 e. The van der Waals surface area contributed by atoms with Crippen molar-refractivity contribution in [3.8, 4) is 11.5 Å². The Balaban J connectivity index is 1.44. The number of hydrogen-bond donors (Lipinski definition) is 0. The van der Waals surface area contributed by atoms with E-state index in [0.29, 0.717) is 13.2 Å². The summed E-state index contributed by atoms with van der Waals surface area (Å²) in [7, 11) is 1.84. The van der Waals surface area contributed by atoms with E-state index in [-0.39, 0.29) is 17.9 Å². The molecule has 0 spiro atoms. The number of ether oxygens (including phenoxy) is 2. The van der Waals surface area contributed by atoms with Crippen LogP contribution in [0.3, 0.4) is 0 Å². The third-order valence-electron chi connectivity index (χ3n) is 4.91. The molecule has 1 aromatic heterocycles. The molecule has 0 saturated heterocycles. The molecule has 2 heterocycles. The Kier molecular flexibility index (Phi) is 4.30. The van der Waals surface area contributed by atoms with Gasteiger partial charge < -0.3 is 14.4 Å². The van der Waals surface area contributed by atoms with Gasteiger partial charge in [0.1, 0.15) is 6.61 Å². The standard InChI is InChI=1S/C20H22N2O3/c1-22(12-15-13-24-17-9-2-3-10-18(17)25-15)20(23)16-8-4-6-14-7-5-11-21-19(14)16/h2-3,5,7,9-11,15-16H,4,6,8,12-13H2,1H3. The summed E-state index contributed by atoms with van der Waals surface area (Å²) in [6.45, 7) is 0.958. The van der Waals surface area contributed by atoms with Crippen LogP contribution in [0, 0.1) is 0 Å². The third kappa shape index (κ3) is 3.18. The van der Waals surface area contributed by atoms with Crippen LogP contribution in [-0.2, 0) is 11.2 Å². The summed E-state index contributed by atoms with van der Waals surface area (Å²) < 4.78 is 11.7. The zero-order valence-corrected chi connectivity index (χ0v) is 14.4. The molecule has 0 fully saturated rings. The van der Waals surface area contributed by atoms with Crippen molar-refractivity contribution in [1.29, 1.82) is 0 Å². The summed E-state index contributed by atoms with van der Waals surface area (Å²) in [5.74, 6) is 1.47. The van der Waals surface area contributed by atoms with E-state index in [1.54, 1.807) is 11.1 Å². The van der Waals surface area contributed by atoms with Crippen molar-refractivity contribution in [3.05, 3.63) is 53.9 Å². The molecule has 2 atom stereocenters. The lowest BCUT2D eigenvalue weighted by Gasteiger charge is -2.32. The molecule has 1 amide bonds. The third-order valence-corrected chi connectivity index (χ3v) is 4.91. The second-order valence-corrected chi connectivity index (χ2v) is 6.71. The fourth-order valence-corrected chi connectivity index (χ4v) is 3.66. The Morgan fingerprint density at radius 3 is 2.96 bits per heavy atom. The average molecular weight is 338 g/mol. The summed E-state index contributed by atoms with van der Waals surface area (Å²) in [5, 5.41) is 0. The minimum atomic E-state index is -0.157. The number of benzene rings is 1. The number of aryl methyl sites for hydroxylation is 1. The van der Waals surface area contributed by atoms with Gasteiger partial charge in [-0.05, 0) is 43.0 Å². The van der Waals surface area contributed by atoms with Gasteiger partial charge >= 0.3 is 0 Å². The van der Waals surface area contributed by atoms with Crippen LogP contribution in [0.15, 0.2) is 42.6 Å². The molecule has 2 unspecified atom stereocenters. The molecule has 130 valence electrons. The molecule has 2 aromatic rings. The Hall–Kier alpha value is -2.56. The summed E-state index contributed by atoms with van der Waals surface area (Å²) in [6.07, 6.45) is 4.51. The molecule has 0 bridgehead atoms. The first-order valence-corrected chi connectivity index (χ1v) is 8.79. The van der Waals surface area contributed by atoms with Crippen molar-refractivity contribution in [2.75, 3.05) is 20.2 Å². The van der Waals surface area contributed by atoms with E-state index >= 15 is 0 Å². The molecule has 0 saturated carbocycles. The van der Waals surface area contributed by atoms with E-state index < -0.39 is 0 Å². The van der Waals surface area contributed by atoms with Crippen LogP contribution in [0.2, 0.25) is 0 Å². The van der Waals surface area contributed by atoms with E-state index in [9.17, 15) is 4.79 Å². The van der Waals surface area contributed by atoms with Crippen LogP contribution < -0.4 is 9.47 Å². The number of carbonyl (C=O) groups is 1. The summed E-state index contributed by atoms with van der Waals surface area (Å²) >= 11 is 0. The minimum Gasteiger partial charge on any atom is -0.486 e. The average Bonchev–Trinajstić information content (AvgIpc) is 2.67. The summed E-state index contributed by atoms with van der Waals surface area (Å²) in [5.41, 5.74) is 2.14. The number of likely N-dealkylation sites (N-methyl/N-ethyl adjacent to an activating group) is 1. The molecule has 1 aliphatic carbocycles. The van der Waals surface area contributed by atoms with Crippen LogP contribution in [0.1, 0.15) is 30.0 Å². The maximum atomic E-state index is 13.0. The summed E-state index contributed by atoms with van der Waals surface area (Å²) in [6, 6.07) is 11.7. The molecule has 2 aliphatic rings. The fourth-order valence-electron chi connectivity index (χ4n) is 3.66. The van der Waals surface area contributed by atoms with Crippen molar-refractivity contribution in [2.45, 2.75) is 31.3 Å². The van der Waals surface area contributed by atoms with Gasteiger partial charge in [0.25, 0.3) is 0 Å². The van der Waals surface area contributed by atoms with E-state index in [1.807, 2.05) is 37.4 Å². The van der Waals surface area contributed by atoms with Crippen molar-refractivity contribution in [2.24, 2.45) is 0 Å². The lowest BCUT2D eigenvalue weighted by Crippen LogP contribution is -2.43. The smallest absolute Gasteiger partial charge is 0.231 e. The van der Waals surface area contributed by atoms with Crippen molar-refractivity contribution < 1.29 is 14.3 Å². The molecule has 1 aromatic carbocycles. The molecule has 1 aliphatic heterocycles. The van der Waals surface area contributed by atoms with Gasteiger partial charge in [-0.15, -0.1) is 0 Å². The molecule has 0 radical (unpaired) electrons. The SMILES string of the molecule is CN(CC1COc2ccccc2O1)C(=O)C1CCCc2cccnc21. The molecular formula is C20H22N2O3. The van der Waals surface area contributed by atoms with Crippen LogP contribution in [-0.4, -0.2) is 42.1 Å². The number of hydrogen-bond acceptors (Lipinski definition) is 4. The number of carbonyl (C=O) groups excluding carboxylic acids is 1.